The van der Waals surface area contributed by atoms with E-state index in [-0.39, 0.29) is 0 Å². The van der Waals surface area contributed by atoms with E-state index in [4.69, 9.17) is 5.26 Å². The zero-order valence-corrected chi connectivity index (χ0v) is 11.2. The molecule has 0 aliphatic carbocycles. The predicted molar refractivity (Wildman–Crippen MR) is 67.5 cm³/mol. The minimum absolute atomic E-state index is 0.433. The Hall–Kier alpha value is -1.67. The summed E-state index contributed by atoms with van der Waals surface area (Å²) in [4.78, 5) is 3.94. The molecular weight excluding hydrogens is 280 g/mol. The highest BCUT2D eigenvalue weighted by Crippen LogP contribution is 2.20. The maximum absolute atomic E-state index is 8.79. The summed E-state index contributed by atoms with van der Waals surface area (Å²) in [6.45, 7) is 4.62. The lowest BCUT2D eigenvalue weighted by Gasteiger charge is -2.04. The molecule has 0 aliphatic rings. The second-order valence-corrected chi connectivity index (χ2v) is 4.60. The molecule has 0 saturated heterocycles. The molecule has 0 radical (unpaired) electrons. The topological polar surface area (TPSA) is 54.5 Å². The number of hydrogen-bond donors (Lipinski definition) is 0. The Morgan fingerprint density at radius 2 is 2.24 bits per heavy atom. The standard InChI is InChI=1S/C12H11BrN4/c1-8-12(13)9(2)17(16-8)7-10-3-4-15-11(5-10)6-14/h3-5H,7H2,1-2H3. The smallest absolute Gasteiger partial charge is 0.140 e. The second-order valence-electron chi connectivity index (χ2n) is 3.80. The van der Waals surface area contributed by atoms with Crippen LogP contribution in [0.5, 0.6) is 0 Å². The second kappa shape index (κ2) is 4.68. The number of hydrogen-bond acceptors (Lipinski definition) is 3. The van der Waals surface area contributed by atoms with E-state index in [0.717, 1.165) is 21.4 Å². The van der Waals surface area contributed by atoms with Gasteiger partial charge in [0.15, 0.2) is 0 Å². The van der Waals surface area contributed by atoms with Crippen molar-refractivity contribution in [1.29, 1.82) is 5.26 Å². The van der Waals surface area contributed by atoms with Gasteiger partial charge in [-0.05, 0) is 47.5 Å². The lowest BCUT2D eigenvalue weighted by molar-refractivity contribution is 0.658. The fraction of sp³-hybridized carbons (Fsp3) is 0.250. The van der Waals surface area contributed by atoms with Gasteiger partial charge in [-0.2, -0.15) is 10.4 Å². The summed E-state index contributed by atoms with van der Waals surface area (Å²) in [5.41, 5.74) is 3.51. The quantitative estimate of drug-likeness (QED) is 0.854. The van der Waals surface area contributed by atoms with Crippen molar-refractivity contribution in [1.82, 2.24) is 14.8 Å². The molecule has 2 heterocycles. The molecule has 0 unspecified atom stereocenters. The number of halogens is 1. The van der Waals surface area contributed by atoms with Crippen LogP contribution in [-0.2, 0) is 6.54 Å². The minimum atomic E-state index is 0.433. The third kappa shape index (κ3) is 2.37. The Bertz CT molecular complexity index is 595. The lowest BCUT2D eigenvalue weighted by atomic mass is 10.2. The molecule has 0 amide bonds. The third-order valence-corrected chi connectivity index (χ3v) is 3.71. The van der Waals surface area contributed by atoms with E-state index in [1.807, 2.05) is 30.7 Å². The number of nitriles is 1. The highest BCUT2D eigenvalue weighted by Gasteiger charge is 2.09. The largest absolute Gasteiger partial charge is 0.264 e. The molecule has 0 fully saturated rings. The van der Waals surface area contributed by atoms with Crippen LogP contribution >= 0.6 is 15.9 Å². The van der Waals surface area contributed by atoms with E-state index in [9.17, 15) is 0 Å². The van der Waals surface area contributed by atoms with Crippen molar-refractivity contribution < 1.29 is 0 Å². The molecule has 5 heteroatoms. The number of nitrogens with zero attached hydrogens (tertiary/aromatic N) is 4. The summed E-state index contributed by atoms with van der Waals surface area (Å²) < 4.78 is 2.95. The van der Waals surface area contributed by atoms with E-state index >= 15 is 0 Å². The van der Waals surface area contributed by atoms with Crippen molar-refractivity contribution in [2.45, 2.75) is 20.4 Å². The van der Waals surface area contributed by atoms with Crippen molar-refractivity contribution in [2.75, 3.05) is 0 Å². The van der Waals surface area contributed by atoms with Gasteiger partial charge in [-0.3, -0.25) is 4.68 Å². The van der Waals surface area contributed by atoms with Gasteiger partial charge in [0.2, 0.25) is 0 Å². The first-order chi connectivity index (χ1) is 8.11. The summed E-state index contributed by atoms with van der Waals surface area (Å²) in [6.07, 6.45) is 1.65. The maximum atomic E-state index is 8.79. The molecule has 2 aromatic heterocycles. The van der Waals surface area contributed by atoms with Gasteiger partial charge in [-0.15, -0.1) is 0 Å². The van der Waals surface area contributed by atoms with Crippen LogP contribution in [0.4, 0.5) is 0 Å². The summed E-state index contributed by atoms with van der Waals surface area (Å²) in [5.74, 6) is 0. The van der Waals surface area contributed by atoms with Crippen LogP contribution in [0.3, 0.4) is 0 Å². The average Bonchev–Trinajstić information content (AvgIpc) is 2.57. The van der Waals surface area contributed by atoms with E-state index in [0.29, 0.717) is 12.2 Å². The van der Waals surface area contributed by atoms with Crippen LogP contribution in [-0.4, -0.2) is 14.8 Å². The van der Waals surface area contributed by atoms with Crippen LogP contribution in [0.25, 0.3) is 0 Å². The van der Waals surface area contributed by atoms with Crippen molar-refractivity contribution in [2.24, 2.45) is 0 Å². The highest BCUT2D eigenvalue weighted by atomic mass is 79.9. The molecule has 86 valence electrons. The van der Waals surface area contributed by atoms with Gasteiger partial charge < -0.3 is 0 Å². The van der Waals surface area contributed by atoms with Crippen molar-refractivity contribution in [3.05, 3.63) is 45.4 Å². The van der Waals surface area contributed by atoms with Gasteiger partial charge in [0, 0.05) is 6.20 Å². The zero-order valence-electron chi connectivity index (χ0n) is 9.61. The van der Waals surface area contributed by atoms with Crippen molar-refractivity contribution in [3.63, 3.8) is 0 Å². The number of rotatable bonds is 2. The van der Waals surface area contributed by atoms with Gasteiger partial charge in [0.25, 0.3) is 0 Å². The number of pyridine rings is 1. The SMILES string of the molecule is Cc1nn(Cc2ccnc(C#N)c2)c(C)c1Br. The molecule has 2 rings (SSSR count). The Kier molecular flexibility index (Phi) is 3.25. The Morgan fingerprint density at radius 1 is 1.47 bits per heavy atom. The first kappa shape index (κ1) is 11.8. The Labute approximate surface area is 108 Å². The monoisotopic (exact) mass is 290 g/mol. The highest BCUT2D eigenvalue weighted by molar-refractivity contribution is 9.10. The van der Waals surface area contributed by atoms with Gasteiger partial charge in [0.05, 0.1) is 22.4 Å². The molecule has 0 aromatic carbocycles. The lowest BCUT2D eigenvalue weighted by Crippen LogP contribution is -2.04. The van der Waals surface area contributed by atoms with Crippen LogP contribution in [0.1, 0.15) is 22.6 Å². The molecule has 0 saturated carbocycles. The molecule has 0 bridgehead atoms. The van der Waals surface area contributed by atoms with Crippen molar-refractivity contribution in [3.8, 4) is 6.07 Å². The van der Waals surface area contributed by atoms with E-state index < -0.39 is 0 Å². The first-order valence-electron chi connectivity index (χ1n) is 5.16. The number of aryl methyl sites for hydroxylation is 1. The van der Waals surface area contributed by atoms with Gasteiger partial charge in [-0.1, -0.05) is 0 Å². The summed E-state index contributed by atoms with van der Waals surface area (Å²) >= 11 is 3.49. The van der Waals surface area contributed by atoms with Gasteiger partial charge in [-0.25, -0.2) is 4.98 Å². The molecule has 17 heavy (non-hydrogen) atoms. The fourth-order valence-corrected chi connectivity index (χ4v) is 1.92. The van der Waals surface area contributed by atoms with E-state index in [2.05, 4.69) is 26.0 Å². The molecule has 0 atom stereocenters. The molecular formula is C12H11BrN4. The van der Waals surface area contributed by atoms with Crippen molar-refractivity contribution >= 4 is 15.9 Å². The molecule has 4 nitrogen and oxygen atoms in total. The third-order valence-electron chi connectivity index (χ3n) is 2.56. The minimum Gasteiger partial charge on any atom is -0.264 e. The first-order valence-corrected chi connectivity index (χ1v) is 5.95. The predicted octanol–water partition coefficient (Wildman–Crippen LogP) is 2.58. The molecule has 0 N–H and O–H groups in total. The summed E-state index contributed by atoms with van der Waals surface area (Å²) in [7, 11) is 0. The van der Waals surface area contributed by atoms with Crippen LogP contribution in [0, 0.1) is 25.2 Å². The van der Waals surface area contributed by atoms with E-state index in [1.54, 1.807) is 12.3 Å². The summed E-state index contributed by atoms with van der Waals surface area (Å²) in [6, 6.07) is 5.71. The van der Waals surface area contributed by atoms with E-state index in [1.165, 1.54) is 0 Å². The van der Waals surface area contributed by atoms with Crippen LogP contribution < -0.4 is 0 Å². The maximum Gasteiger partial charge on any atom is 0.140 e. The van der Waals surface area contributed by atoms with Gasteiger partial charge >= 0.3 is 0 Å². The average molecular weight is 291 g/mol. The Balaban J connectivity index is 2.32. The zero-order chi connectivity index (χ0) is 12.4. The molecule has 0 aliphatic heterocycles. The Morgan fingerprint density at radius 3 is 2.82 bits per heavy atom. The van der Waals surface area contributed by atoms with Crippen LogP contribution in [0.2, 0.25) is 0 Å². The van der Waals surface area contributed by atoms with Crippen LogP contribution in [0.15, 0.2) is 22.8 Å². The normalized spacial score (nSPS) is 10.2. The fourth-order valence-electron chi connectivity index (χ4n) is 1.64. The number of aromatic nitrogens is 3. The molecule has 0 spiro atoms. The molecule has 2 aromatic rings. The van der Waals surface area contributed by atoms with Gasteiger partial charge in [0.1, 0.15) is 11.8 Å². The summed E-state index contributed by atoms with van der Waals surface area (Å²) in [5, 5.41) is 13.2.